The van der Waals surface area contributed by atoms with Gasteiger partial charge < -0.3 is 10.1 Å². The number of benzene rings is 1. The lowest BCUT2D eigenvalue weighted by Gasteiger charge is -2.20. The Morgan fingerprint density at radius 2 is 1.95 bits per heavy atom. The first-order valence-corrected chi connectivity index (χ1v) is 7.39. The first-order valence-electron chi connectivity index (χ1n) is 6.59. The van der Waals surface area contributed by atoms with Gasteiger partial charge in [-0.1, -0.05) is 15.9 Å². The number of ketones is 1. The molecule has 0 amide bonds. The third kappa shape index (κ3) is 2.43. The van der Waals surface area contributed by atoms with Gasteiger partial charge in [0, 0.05) is 4.47 Å². The zero-order chi connectivity index (χ0) is 14.2. The highest BCUT2D eigenvalue weighted by atomic mass is 79.9. The molecule has 0 spiro atoms. The Kier molecular flexibility index (Phi) is 4.31. The van der Waals surface area contributed by atoms with Gasteiger partial charge in [-0.3, -0.25) is 4.79 Å². The summed E-state index contributed by atoms with van der Waals surface area (Å²) in [5, 5.41) is 3.27. The van der Waals surface area contributed by atoms with E-state index in [-0.39, 0.29) is 11.8 Å². The molecular weight excluding hydrogens is 306 g/mol. The van der Waals surface area contributed by atoms with E-state index in [1.807, 2.05) is 20.8 Å². The van der Waals surface area contributed by atoms with Crippen LogP contribution in [-0.2, 0) is 0 Å². The maximum Gasteiger partial charge on any atom is 0.183 e. The second kappa shape index (κ2) is 5.63. The third-order valence-electron chi connectivity index (χ3n) is 3.99. The minimum atomic E-state index is -0.0680. The largest absolute Gasteiger partial charge is 0.496 e. The van der Waals surface area contributed by atoms with Crippen LogP contribution in [0.25, 0.3) is 0 Å². The highest BCUT2D eigenvalue weighted by Crippen LogP contribution is 2.37. The van der Waals surface area contributed by atoms with E-state index in [4.69, 9.17) is 4.74 Å². The number of ether oxygens (including phenoxy) is 1. The molecule has 19 heavy (non-hydrogen) atoms. The molecule has 1 aliphatic heterocycles. The van der Waals surface area contributed by atoms with Gasteiger partial charge in [-0.2, -0.15) is 0 Å². The van der Waals surface area contributed by atoms with Crippen molar-refractivity contribution < 1.29 is 9.53 Å². The van der Waals surface area contributed by atoms with Crippen LogP contribution in [0.15, 0.2) is 4.47 Å². The average molecular weight is 326 g/mol. The van der Waals surface area contributed by atoms with Crippen LogP contribution in [-0.4, -0.2) is 25.5 Å². The molecule has 104 valence electrons. The smallest absolute Gasteiger partial charge is 0.183 e. The van der Waals surface area contributed by atoms with Crippen LogP contribution in [0.5, 0.6) is 5.75 Å². The second-order valence-corrected chi connectivity index (χ2v) is 5.90. The van der Waals surface area contributed by atoms with E-state index in [2.05, 4.69) is 21.2 Å². The normalized spacial score (nSPS) is 18.7. The molecule has 3 nitrogen and oxygen atoms in total. The molecule has 2 rings (SSSR count). The number of carbonyl (C=O) groups excluding carboxylic acids is 1. The lowest BCUT2D eigenvalue weighted by molar-refractivity contribution is 0.0948. The fourth-order valence-corrected chi connectivity index (χ4v) is 3.21. The second-order valence-electron chi connectivity index (χ2n) is 5.11. The van der Waals surface area contributed by atoms with Crippen LogP contribution < -0.4 is 10.1 Å². The van der Waals surface area contributed by atoms with E-state index in [1.165, 1.54) is 0 Å². The van der Waals surface area contributed by atoms with Crippen molar-refractivity contribution in [3.05, 3.63) is 26.7 Å². The highest BCUT2D eigenvalue weighted by Gasteiger charge is 2.29. The predicted molar refractivity (Wildman–Crippen MR) is 80.3 cm³/mol. The van der Waals surface area contributed by atoms with E-state index < -0.39 is 0 Å². The molecule has 1 N–H and O–H groups in total. The summed E-state index contributed by atoms with van der Waals surface area (Å²) in [5.74, 6) is 0.868. The Morgan fingerprint density at radius 3 is 2.47 bits per heavy atom. The van der Waals surface area contributed by atoms with Gasteiger partial charge in [-0.15, -0.1) is 0 Å². The molecule has 1 unspecified atom stereocenters. The van der Waals surface area contributed by atoms with Crippen molar-refractivity contribution in [2.24, 2.45) is 0 Å². The van der Waals surface area contributed by atoms with Crippen molar-refractivity contribution in [3.8, 4) is 5.75 Å². The van der Waals surface area contributed by atoms with Gasteiger partial charge >= 0.3 is 0 Å². The number of methoxy groups -OCH3 is 1. The molecule has 0 radical (unpaired) electrons. The molecule has 1 heterocycles. The zero-order valence-electron chi connectivity index (χ0n) is 11.9. The maximum absolute atomic E-state index is 12.7. The van der Waals surface area contributed by atoms with Gasteiger partial charge in [0.25, 0.3) is 0 Å². The van der Waals surface area contributed by atoms with Gasteiger partial charge in [-0.25, -0.2) is 0 Å². The summed E-state index contributed by atoms with van der Waals surface area (Å²) < 4.78 is 6.51. The lowest BCUT2D eigenvalue weighted by Crippen LogP contribution is -2.31. The fraction of sp³-hybridized carbons (Fsp3) is 0.533. The van der Waals surface area contributed by atoms with Crippen LogP contribution in [0.1, 0.15) is 39.9 Å². The van der Waals surface area contributed by atoms with Crippen molar-refractivity contribution in [2.75, 3.05) is 13.7 Å². The monoisotopic (exact) mass is 325 g/mol. The van der Waals surface area contributed by atoms with Crippen molar-refractivity contribution in [3.63, 3.8) is 0 Å². The van der Waals surface area contributed by atoms with Crippen LogP contribution in [0.4, 0.5) is 0 Å². The number of Topliss-reactive ketones (excluding diaryl/α,β-unsaturated/α-hetero) is 1. The van der Waals surface area contributed by atoms with E-state index in [1.54, 1.807) is 7.11 Å². The van der Waals surface area contributed by atoms with Crippen LogP contribution in [0.2, 0.25) is 0 Å². The molecule has 1 aliphatic rings. The molecule has 1 aromatic rings. The molecule has 0 bridgehead atoms. The van der Waals surface area contributed by atoms with E-state index in [0.29, 0.717) is 0 Å². The molecule has 0 aliphatic carbocycles. The standard InChI is InChI=1S/C15H20BrNO2/c1-8-9(2)15(19-4)12(10(3)13(8)16)14(18)11-6-5-7-17-11/h11,17H,5-7H2,1-4H3. The minimum absolute atomic E-state index is 0.0680. The third-order valence-corrected chi connectivity index (χ3v) is 5.18. The van der Waals surface area contributed by atoms with Gasteiger partial charge in [0.05, 0.1) is 18.7 Å². The molecular formula is C15H20BrNO2. The Morgan fingerprint density at radius 1 is 1.26 bits per heavy atom. The first kappa shape index (κ1) is 14.5. The maximum atomic E-state index is 12.7. The lowest BCUT2D eigenvalue weighted by atomic mass is 9.93. The summed E-state index contributed by atoms with van der Waals surface area (Å²) in [6.07, 6.45) is 1.97. The van der Waals surface area contributed by atoms with E-state index in [9.17, 15) is 4.79 Å². The Labute approximate surface area is 122 Å². The van der Waals surface area contributed by atoms with Crippen molar-refractivity contribution in [2.45, 2.75) is 39.7 Å². The number of hydrogen-bond donors (Lipinski definition) is 1. The Bertz CT molecular complexity index is 520. The van der Waals surface area contributed by atoms with E-state index >= 15 is 0 Å². The van der Waals surface area contributed by atoms with Gasteiger partial charge in [-0.05, 0) is 56.8 Å². The Hall–Kier alpha value is -0.870. The van der Waals surface area contributed by atoms with Crippen LogP contribution >= 0.6 is 15.9 Å². The first-order chi connectivity index (χ1) is 8.99. The Balaban J connectivity index is 2.58. The van der Waals surface area contributed by atoms with Crippen molar-refractivity contribution >= 4 is 21.7 Å². The molecule has 4 heteroatoms. The van der Waals surface area contributed by atoms with Crippen molar-refractivity contribution in [1.82, 2.24) is 5.32 Å². The summed E-state index contributed by atoms with van der Waals surface area (Å²) in [6.45, 7) is 6.93. The summed E-state index contributed by atoms with van der Waals surface area (Å²) >= 11 is 3.59. The highest BCUT2D eigenvalue weighted by molar-refractivity contribution is 9.10. The SMILES string of the molecule is COc1c(C)c(C)c(Br)c(C)c1C(=O)C1CCCN1. The number of rotatable bonds is 3. The summed E-state index contributed by atoms with van der Waals surface area (Å²) in [5.41, 5.74) is 3.85. The molecule has 1 fully saturated rings. The fourth-order valence-electron chi connectivity index (χ4n) is 2.72. The van der Waals surface area contributed by atoms with Gasteiger partial charge in [0.15, 0.2) is 5.78 Å². The van der Waals surface area contributed by atoms with Crippen molar-refractivity contribution in [1.29, 1.82) is 0 Å². The summed E-state index contributed by atoms with van der Waals surface area (Å²) in [4.78, 5) is 12.7. The number of carbonyl (C=O) groups is 1. The molecule has 0 saturated carbocycles. The molecule has 1 saturated heterocycles. The quantitative estimate of drug-likeness (QED) is 0.866. The summed E-state index contributed by atoms with van der Waals surface area (Å²) in [6, 6.07) is -0.0680. The molecule has 1 atom stereocenters. The zero-order valence-corrected chi connectivity index (χ0v) is 13.5. The van der Waals surface area contributed by atoms with Gasteiger partial charge in [0.2, 0.25) is 0 Å². The van der Waals surface area contributed by atoms with Crippen LogP contribution in [0, 0.1) is 20.8 Å². The molecule has 1 aromatic carbocycles. The predicted octanol–water partition coefficient (Wildman–Crippen LogP) is 3.32. The topological polar surface area (TPSA) is 38.3 Å². The number of hydrogen-bond acceptors (Lipinski definition) is 3. The van der Waals surface area contributed by atoms with E-state index in [0.717, 1.165) is 51.9 Å². The summed E-state index contributed by atoms with van der Waals surface area (Å²) in [7, 11) is 1.63. The van der Waals surface area contributed by atoms with Gasteiger partial charge in [0.1, 0.15) is 5.75 Å². The average Bonchev–Trinajstić information content (AvgIpc) is 2.93. The molecule has 0 aromatic heterocycles. The minimum Gasteiger partial charge on any atom is -0.496 e. The van der Waals surface area contributed by atoms with Crippen LogP contribution in [0.3, 0.4) is 0 Å². The number of nitrogens with one attached hydrogen (secondary N) is 1. The number of halogens is 1.